The van der Waals surface area contributed by atoms with Crippen molar-refractivity contribution in [3.63, 3.8) is 0 Å². The monoisotopic (exact) mass is 397 g/mol. The van der Waals surface area contributed by atoms with Crippen molar-refractivity contribution >= 4 is 11.6 Å². The van der Waals surface area contributed by atoms with Gasteiger partial charge < -0.3 is 15.1 Å². The smallest absolute Gasteiger partial charge is 0.282 e. The molecule has 1 heterocycles. The molecule has 4 aromatic rings. The molecule has 30 heavy (non-hydrogen) atoms. The number of quaternary nitrogens is 1. The van der Waals surface area contributed by atoms with Gasteiger partial charge in [0.25, 0.3) is 5.91 Å². The highest BCUT2D eigenvalue weighted by Crippen LogP contribution is 2.27. The van der Waals surface area contributed by atoms with Crippen molar-refractivity contribution in [1.82, 2.24) is 0 Å². The Morgan fingerprint density at radius 3 is 2.20 bits per heavy atom. The lowest BCUT2D eigenvalue weighted by molar-refractivity contribution is -0.706. The zero-order valence-electron chi connectivity index (χ0n) is 16.9. The predicted octanol–water partition coefficient (Wildman–Crippen LogP) is 4.63. The van der Waals surface area contributed by atoms with Crippen LogP contribution in [0.1, 0.15) is 24.3 Å². The number of carbonyl (C=O) groups excluding carboxylic acids is 1. The van der Waals surface area contributed by atoms with Crippen LogP contribution in [-0.2, 0) is 4.79 Å². The minimum Gasteiger partial charge on any atom is -0.463 e. The first-order valence-electron chi connectivity index (χ1n) is 10.1. The topological polar surface area (TPSA) is 58.9 Å². The molecule has 4 rings (SSSR count). The maximum atomic E-state index is 13.1. The third kappa shape index (κ3) is 4.50. The van der Waals surface area contributed by atoms with Crippen LogP contribution in [0.15, 0.2) is 108 Å². The molecule has 0 saturated carbocycles. The number of furan rings is 1. The van der Waals surface area contributed by atoms with Crippen LogP contribution in [0.2, 0.25) is 0 Å². The van der Waals surface area contributed by atoms with Crippen LogP contribution < -0.4 is 10.6 Å². The number of hydrogen-bond acceptors (Lipinski definition) is 2. The lowest BCUT2D eigenvalue weighted by atomic mass is 10.0. The third-order valence-corrected chi connectivity index (χ3v) is 5.17. The SMILES string of the molecule is C[C@@H]([NH2+][C@H](c1ccccc1)c1ccco1)C(=O)Nc1ccccc1-c1ccccc1. The van der Waals surface area contributed by atoms with E-state index < -0.39 is 0 Å². The normalized spacial score (nSPS) is 12.8. The molecule has 0 saturated heterocycles. The molecule has 0 aliphatic carbocycles. The number of hydrogen-bond donors (Lipinski definition) is 2. The molecule has 0 spiro atoms. The fourth-order valence-corrected chi connectivity index (χ4v) is 3.58. The molecule has 4 nitrogen and oxygen atoms in total. The van der Waals surface area contributed by atoms with Crippen LogP contribution in [0, 0.1) is 0 Å². The van der Waals surface area contributed by atoms with E-state index in [2.05, 4.69) is 17.4 Å². The van der Waals surface area contributed by atoms with Gasteiger partial charge in [0.15, 0.2) is 17.8 Å². The first kappa shape index (κ1) is 19.7. The zero-order chi connectivity index (χ0) is 20.8. The minimum absolute atomic E-state index is 0.0501. The van der Waals surface area contributed by atoms with Crippen molar-refractivity contribution in [2.45, 2.75) is 19.0 Å². The molecule has 1 amide bonds. The van der Waals surface area contributed by atoms with Crippen molar-refractivity contribution in [2.75, 3.05) is 5.32 Å². The van der Waals surface area contributed by atoms with E-state index in [1.807, 2.05) is 97.2 Å². The van der Waals surface area contributed by atoms with Crippen molar-refractivity contribution < 1.29 is 14.5 Å². The second-order valence-corrected chi connectivity index (χ2v) is 7.29. The van der Waals surface area contributed by atoms with Gasteiger partial charge in [-0.05, 0) is 30.7 Å². The number of rotatable bonds is 7. The third-order valence-electron chi connectivity index (χ3n) is 5.17. The number of carbonyl (C=O) groups is 1. The summed E-state index contributed by atoms with van der Waals surface area (Å²) >= 11 is 0. The Hall–Kier alpha value is -3.63. The highest BCUT2D eigenvalue weighted by molar-refractivity contribution is 5.97. The second-order valence-electron chi connectivity index (χ2n) is 7.29. The van der Waals surface area contributed by atoms with Gasteiger partial charge in [-0.1, -0.05) is 78.9 Å². The quantitative estimate of drug-likeness (QED) is 0.478. The first-order chi connectivity index (χ1) is 14.7. The summed E-state index contributed by atoms with van der Waals surface area (Å²) in [6, 6.07) is 31.5. The van der Waals surface area contributed by atoms with Crippen LogP contribution in [0.5, 0.6) is 0 Å². The van der Waals surface area contributed by atoms with E-state index in [0.29, 0.717) is 0 Å². The molecule has 0 radical (unpaired) electrons. The Morgan fingerprint density at radius 1 is 0.833 bits per heavy atom. The lowest BCUT2D eigenvalue weighted by Crippen LogP contribution is -2.92. The summed E-state index contributed by atoms with van der Waals surface area (Å²) in [4.78, 5) is 13.1. The number of benzene rings is 3. The van der Waals surface area contributed by atoms with E-state index in [4.69, 9.17) is 4.42 Å². The number of amides is 1. The molecule has 0 bridgehead atoms. The molecular formula is C26H25N2O2+. The van der Waals surface area contributed by atoms with Crippen LogP contribution in [0.4, 0.5) is 5.69 Å². The fourth-order valence-electron chi connectivity index (χ4n) is 3.58. The molecular weight excluding hydrogens is 372 g/mol. The summed E-state index contributed by atoms with van der Waals surface area (Å²) in [6.07, 6.45) is 1.67. The maximum absolute atomic E-state index is 13.1. The Morgan fingerprint density at radius 2 is 1.50 bits per heavy atom. The van der Waals surface area contributed by atoms with Crippen molar-refractivity contribution in [3.05, 3.63) is 115 Å². The molecule has 2 atom stereocenters. The molecule has 0 aliphatic rings. The number of nitrogens with two attached hydrogens (primary N) is 1. The van der Waals surface area contributed by atoms with Gasteiger partial charge >= 0.3 is 0 Å². The summed E-state index contributed by atoms with van der Waals surface area (Å²) in [5, 5.41) is 5.15. The van der Waals surface area contributed by atoms with E-state index in [9.17, 15) is 4.79 Å². The highest BCUT2D eigenvalue weighted by Gasteiger charge is 2.27. The Kier molecular flexibility index (Phi) is 6.06. The van der Waals surface area contributed by atoms with Gasteiger partial charge in [0.2, 0.25) is 0 Å². The summed E-state index contributed by atoms with van der Waals surface area (Å²) in [5.74, 6) is 0.774. The standard InChI is InChI=1S/C26H24N2O2/c1-19(27-25(24-17-10-18-30-24)21-13-6-3-7-14-21)26(29)28-23-16-9-8-15-22(23)20-11-4-2-5-12-20/h2-19,25,27H,1H3,(H,28,29)/p+1/t19-,25-/m1/s1. The minimum atomic E-state index is -0.316. The zero-order valence-corrected chi connectivity index (χ0v) is 16.9. The molecule has 150 valence electrons. The average molecular weight is 397 g/mol. The molecule has 4 heteroatoms. The van der Waals surface area contributed by atoms with E-state index in [0.717, 1.165) is 28.1 Å². The predicted molar refractivity (Wildman–Crippen MR) is 119 cm³/mol. The van der Waals surface area contributed by atoms with E-state index in [1.165, 1.54) is 0 Å². The summed E-state index contributed by atoms with van der Waals surface area (Å²) in [5.41, 5.74) is 3.98. The molecule has 0 aliphatic heterocycles. The summed E-state index contributed by atoms with van der Waals surface area (Å²) < 4.78 is 5.66. The summed E-state index contributed by atoms with van der Waals surface area (Å²) in [6.45, 7) is 1.92. The van der Waals surface area contributed by atoms with Gasteiger partial charge in [-0.3, -0.25) is 4.79 Å². The second kappa shape index (κ2) is 9.25. The molecule has 0 fully saturated rings. The highest BCUT2D eigenvalue weighted by atomic mass is 16.3. The Balaban J connectivity index is 1.53. The molecule has 0 unspecified atom stereocenters. The van der Waals surface area contributed by atoms with E-state index in [1.54, 1.807) is 6.26 Å². The van der Waals surface area contributed by atoms with Gasteiger partial charge in [-0.15, -0.1) is 0 Å². The molecule has 3 aromatic carbocycles. The summed E-state index contributed by atoms with van der Waals surface area (Å²) in [7, 11) is 0. The van der Waals surface area contributed by atoms with Crippen molar-refractivity contribution in [1.29, 1.82) is 0 Å². The largest absolute Gasteiger partial charge is 0.463 e. The van der Waals surface area contributed by atoms with Gasteiger partial charge in [-0.2, -0.15) is 0 Å². The molecule has 3 N–H and O–H groups in total. The van der Waals surface area contributed by atoms with E-state index >= 15 is 0 Å². The Labute approximate surface area is 176 Å². The van der Waals surface area contributed by atoms with Gasteiger partial charge in [0.1, 0.15) is 0 Å². The van der Waals surface area contributed by atoms with Crippen molar-refractivity contribution in [3.8, 4) is 11.1 Å². The van der Waals surface area contributed by atoms with Crippen LogP contribution in [-0.4, -0.2) is 11.9 Å². The number of anilines is 1. The van der Waals surface area contributed by atoms with Crippen LogP contribution in [0.3, 0.4) is 0 Å². The first-order valence-corrected chi connectivity index (χ1v) is 10.1. The van der Waals surface area contributed by atoms with Crippen LogP contribution >= 0.6 is 0 Å². The number of para-hydroxylation sites is 1. The van der Waals surface area contributed by atoms with Gasteiger partial charge in [0.05, 0.1) is 6.26 Å². The van der Waals surface area contributed by atoms with Crippen molar-refractivity contribution in [2.24, 2.45) is 0 Å². The van der Waals surface area contributed by atoms with Crippen LogP contribution in [0.25, 0.3) is 11.1 Å². The fraction of sp³-hybridized carbons (Fsp3) is 0.115. The van der Waals surface area contributed by atoms with Gasteiger partial charge in [-0.25, -0.2) is 0 Å². The lowest BCUT2D eigenvalue weighted by Gasteiger charge is -2.19. The molecule has 1 aromatic heterocycles. The van der Waals surface area contributed by atoms with E-state index in [-0.39, 0.29) is 18.0 Å². The van der Waals surface area contributed by atoms with Gasteiger partial charge in [0, 0.05) is 16.8 Å². The Bertz CT molecular complexity index is 1080. The number of nitrogens with one attached hydrogen (secondary N) is 1. The average Bonchev–Trinajstić information content (AvgIpc) is 3.33. The maximum Gasteiger partial charge on any atom is 0.282 e.